The van der Waals surface area contributed by atoms with Gasteiger partial charge in [0.1, 0.15) is 0 Å². The van der Waals surface area contributed by atoms with Gasteiger partial charge in [0.05, 0.1) is 12.6 Å². The second kappa shape index (κ2) is 3.36. The molecule has 1 heterocycles. The summed E-state index contributed by atoms with van der Waals surface area (Å²) >= 11 is 0. The largest absolute Gasteiger partial charge is 0.453 e. The highest BCUT2D eigenvalue weighted by Crippen LogP contribution is 2.24. The first-order chi connectivity index (χ1) is 6.00. The van der Waals surface area contributed by atoms with Gasteiger partial charge in [-0.25, -0.2) is 4.79 Å². The molecule has 1 amide bonds. The number of nitrogens with zero attached hydrogens (tertiary/aromatic N) is 1. The maximum atomic E-state index is 11.5. The predicted molar refractivity (Wildman–Crippen MR) is 47.4 cm³/mol. The van der Waals surface area contributed by atoms with E-state index < -0.39 is 11.6 Å². The summed E-state index contributed by atoms with van der Waals surface area (Å²) in [4.78, 5) is 24.3. The molecule has 1 saturated heterocycles. The van der Waals surface area contributed by atoms with Crippen molar-refractivity contribution in [2.24, 2.45) is 0 Å². The van der Waals surface area contributed by atoms with Gasteiger partial charge in [-0.2, -0.15) is 0 Å². The lowest BCUT2D eigenvalue weighted by Crippen LogP contribution is -2.56. The number of methoxy groups -OCH3 is 1. The molecule has 1 aliphatic heterocycles. The van der Waals surface area contributed by atoms with E-state index in [1.54, 1.807) is 13.8 Å². The molecule has 0 atom stereocenters. The topological polar surface area (TPSA) is 46.6 Å². The summed E-state index contributed by atoms with van der Waals surface area (Å²) in [7, 11) is 1.33. The molecule has 4 heteroatoms. The average molecular weight is 185 g/mol. The molecule has 0 aromatic rings. The molecule has 0 spiro atoms. The normalized spacial score (nSPS) is 21.5. The number of rotatable bonds is 0. The second-order valence-corrected chi connectivity index (χ2v) is 3.71. The lowest BCUT2D eigenvalue weighted by atomic mass is 9.89. The van der Waals surface area contributed by atoms with Gasteiger partial charge in [-0.15, -0.1) is 0 Å². The van der Waals surface area contributed by atoms with Crippen molar-refractivity contribution in [2.45, 2.75) is 32.2 Å². The van der Waals surface area contributed by atoms with Crippen LogP contribution in [0.1, 0.15) is 26.7 Å². The van der Waals surface area contributed by atoms with E-state index in [0.29, 0.717) is 13.0 Å². The van der Waals surface area contributed by atoms with Gasteiger partial charge in [0.2, 0.25) is 0 Å². The van der Waals surface area contributed by atoms with Crippen LogP contribution in [0.2, 0.25) is 0 Å². The first-order valence-electron chi connectivity index (χ1n) is 4.39. The Hall–Kier alpha value is -1.06. The number of piperidine rings is 1. The van der Waals surface area contributed by atoms with Crippen LogP contribution >= 0.6 is 0 Å². The average Bonchev–Trinajstić information content (AvgIpc) is 2.08. The fraction of sp³-hybridized carbons (Fsp3) is 0.778. The Morgan fingerprint density at radius 1 is 1.54 bits per heavy atom. The molecule has 0 saturated carbocycles. The monoisotopic (exact) mass is 185 g/mol. The Labute approximate surface area is 77.8 Å². The molecule has 0 N–H and O–H groups in total. The Bertz CT molecular complexity index is 235. The van der Waals surface area contributed by atoms with Crippen molar-refractivity contribution in [1.29, 1.82) is 0 Å². The van der Waals surface area contributed by atoms with E-state index in [4.69, 9.17) is 0 Å². The van der Waals surface area contributed by atoms with Gasteiger partial charge in [-0.1, -0.05) is 0 Å². The van der Waals surface area contributed by atoms with Crippen LogP contribution in [0.25, 0.3) is 0 Å². The van der Waals surface area contributed by atoms with Crippen LogP contribution in [0.3, 0.4) is 0 Å². The van der Waals surface area contributed by atoms with E-state index in [-0.39, 0.29) is 5.78 Å². The summed E-state index contributed by atoms with van der Waals surface area (Å²) < 4.78 is 4.61. The third-order valence-corrected chi connectivity index (χ3v) is 2.54. The summed E-state index contributed by atoms with van der Waals surface area (Å²) in [6.45, 7) is 4.11. The Morgan fingerprint density at radius 3 is 2.69 bits per heavy atom. The standard InChI is InChI=1S/C9H15NO3/c1-9(2)7(11)5-4-6-10(9)8(12)13-3/h4-6H2,1-3H3. The molecule has 0 aromatic carbocycles. The number of likely N-dealkylation sites (tertiary alicyclic amines) is 1. The van der Waals surface area contributed by atoms with Crippen molar-refractivity contribution in [2.75, 3.05) is 13.7 Å². The minimum Gasteiger partial charge on any atom is -0.453 e. The first kappa shape index (κ1) is 10.0. The molecule has 1 aliphatic rings. The highest BCUT2D eigenvalue weighted by atomic mass is 16.5. The second-order valence-electron chi connectivity index (χ2n) is 3.71. The van der Waals surface area contributed by atoms with E-state index in [2.05, 4.69) is 4.74 Å². The number of amides is 1. The molecule has 0 radical (unpaired) electrons. The fourth-order valence-electron chi connectivity index (χ4n) is 1.56. The van der Waals surface area contributed by atoms with E-state index >= 15 is 0 Å². The minimum absolute atomic E-state index is 0.101. The van der Waals surface area contributed by atoms with Crippen LogP contribution in [-0.4, -0.2) is 36.0 Å². The summed E-state index contributed by atoms with van der Waals surface area (Å²) in [5.41, 5.74) is -0.703. The van der Waals surface area contributed by atoms with Crippen molar-refractivity contribution in [3.8, 4) is 0 Å². The van der Waals surface area contributed by atoms with Gasteiger partial charge in [0.15, 0.2) is 5.78 Å². The van der Waals surface area contributed by atoms with Gasteiger partial charge in [0.25, 0.3) is 0 Å². The lowest BCUT2D eigenvalue weighted by Gasteiger charge is -2.39. The van der Waals surface area contributed by atoms with Crippen molar-refractivity contribution in [3.05, 3.63) is 0 Å². The van der Waals surface area contributed by atoms with Crippen molar-refractivity contribution in [1.82, 2.24) is 4.90 Å². The number of carbonyl (C=O) groups is 2. The number of Topliss-reactive ketones (excluding diaryl/α,β-unsaturated/α-hetero) is 1. The number of carbonyl (C=O) groups excluding carboxylic acids is 2. The molecule has 0 aliphatic carbocycles. The van der Waals surface area contributed by atoms with Crippen LogP contribution in [-0.2, 0) is 9.53 Å². The van der Waals surface area contributed by atoms with E-state index in [9.17, 15) is 9.59 Å². The van der Waals surface area contributed by atoms with E-state index in [1.165, 1.54) is 12.0 Å². The Balaban J connectivity index is 2.83. The van der Waals surface area contributed by atoms with Gasteiger partial charge in [-0.05, 0) is 20.3 Å². The molecule has 1 rings (SSSR count). The maximum absolute atomic E-state index is 11.5. The summed E-state index contributed by atoms with van der Waals surface area (Å²) in [5.74, 6) is 0.101. The predicted octanol–water partition coefficient (Wildman–Crippen LogP) is 1.20. The third-order valence-electron chi connectivity index (χ3n) is 2.54. The Morgan fingerprint density at radius 2 is 2.15 bits per heavy atom. The highest BCUT2D eigenvalue weighted by Gasteiger charge is 2.40. The van der Waals surface area contributed by atoms with Crippen molar-refractivity contribution < 1.29 is 14.3 Å². The van der Waals surface area contributed by atoms with Crippen LogP contribution in [0, 0.1) is 0 Å². The molecule has 13 heavy (non-hydrogen) atoms. The fourth-order valence-corrected chi connectivity index (χ4v) is 1.56. The molecular weight excluding hydrogens is 170 g/mol. The Kier molecular flexibility index (Phi) is 2.59. The lowest BCUT2D eigenvalue weighted by molar-refractivity contribution is -0.131. The third kappa shape index (κ3) is 1.66. The number of ether oxygens (including phenoxy) is 1. The molecule has 0 unspecified atom stereocenters. The maximum Gasteiger partial charge on any atom is 0.410 e. The van der Waals surface area contributed by atoms with Crippen molar-refractivity contribution >= 4 is 11.9 Å². The number of hydrogen-bond donors (Lipinski definition) is 0. The van der Waals surface area contributed by atoms with Gasteiger partial charge < -0.3 is 4.74 Å². The summed E-state index contributed by atoms with van der Waals surface area (Å²) in [6.07, 6.45) is 0.871. The number of hydrogen-bond acceptors (Lipinski definition) is 3. The van der Waals surface area contributed by atoms with Crippen LogP contribution in [0.5, 0.6) is 0 Å². The smallest absolute Gasteiger partial charge is 0.410 e. The minimum atomic E-state index is -0.703. The zero-order valence-corrected chi connectivity index (χ0v) is 8.29. The van der Waals surface area contributed by atoms with Gasteiger partial charge >= 0.3 is 6.09 Å². The summed E-state index contributed by atoms with van der Waals surface area (Å²) in [6, 6.07) is 0. The quantitative estimate of drug-likeness (QED) is 0.569. The zero-order chi connectivity index (χ0) is 10.1. The van der Waals surface area contributed by atoms with Crippen LogP contribution in [0.4, 0.5) is 4.79 Å². The molecule has 4 nitrogen and oxygen atoms in total. The highest BCUT2D eigenvalue weighted by molar-refractivity contribution is 5.91. The van der Waals surface area contributed by atoms with Crippen molar-refractivity contribution in [3.63, 3.8) is 0 Å². The van der Waals surface area contributed by atoms with E-state index in [0.717, 1.165) is 6.42 Å². The van der Waals surface area contributed by atoms with E-state index in [1.807, 2.05) is 0 Å². The van der Waals surface area contributed by atoms with Gasteiger partial charge in [0, 0.05) is 13.0 Å². The number of ketones is 1. The van der Waals surface area contributed by atoms with Crippen LogP contribution < -0.4 is 0 Å². The van der Waals surface area contributed by atoms with Gasteiger partial charge in [-0.3, -0.25) is 9.69 Å². The zero-order valence-electron chi connectivity index (χ0n) is 8.29. The molecule has 0 aromatic heterocycles. The molecule has 1 fully saturated rings. The molecule has 0 bridgehead atoms. The summed E-state index contributed by atoms with van der Waals surface area (Å²) in [5, 5.41) is 0. The molecule has 74 valence electrons. The SMILES string of the molecule is COC(=O)N1CCCC(=O)C1(C)C. The molecular formula is C9H15NO3. The first-order valence-corrected chi connectivity index (χ1v) is 4.39. The van der Waals surface area contributed by atoms with Crippen LogP contribution in [0.15, 0.2) is 0 Å².